The Morgan fingerprint density at radius 3 is 2.80 bits per heavy atom. The third-order valence-corrected chi connectivity index (χ3v) is 4.43. The molecule has 1 aromatic carbocycles. The molecule has 0 unspecified atom stereocenters. The summed E-state index contributed by atoms with van der Waals surface area (Å²) in [5.74, 6) is 1.94. The second-order valence-electron chi connectivity index (χ2n) is 6.20. The van der Waals surface area contributed by atoms with Gasteiger partial charge in [-0.05, 0) is 36.2 Å². The van der Waals surface area contributed by atoms with Crippen molar-refractivity contribution in [2.45, 2.75) is 32.9 Å². The predicted octanol–water partition coefficient (Wildman–Crippen LogP) is 3.39. The first-order valence-corrected chi connectivity index (χ1v) is 8.48. The van der Waals surface area contributed by atoms with Gasteiger partial charge in [-0.25, -0.2) is 19.3 Å². The van der Waals surface area contributed by atoms with Gasteiger partial charge in [-0.2, -0.15) is 0 Å². The quantitative estimate of drug-likeness (QED) is 0.730. The largest absolute Gasteiger partial charge is 0.439 e. The van der Waals surface area contributed by atoms with Crippen LogP contribution in [0.3, 0.4) is 0 Å². The fourth-order valence-corrected chi connectivity index (χ4v) is 3.03. The van der Waals surface area contributed by atoms with Gasteiger partial charge in [0.25, 0.3) is 0 Å². The highest BCUT2D eigenvalue weighted by Crippen LogP contribution is 2.23. The van der Waals surface area contributed by atoms with Crippen LogP contribution in [0, 0.1) is 5.82 Å². The van der Waals surface area contributed by atoms with Crippen LogP contribution in [-0.2, 0) is 25.9 Å². The van der Waals surface area contributed by atoms with E-state index >= 15 is 0 Å². The van der Waals surface area contributed by atoms with Crippen LogP contribution in [0.4, 0.5) is 4.39 Å². The average Bonchev–Trinajstić information content (AvgIpc) is 3.10. The SMILES string of the molecule is CCc1ncc2c(n1)CN(Cc1ncc(-c3ccc(F)cc3)o1)CC2. The number of hydrogen-bond acceptors (Lipinski definition) is 5. The summed E-state index contributed by atoms with van der Waals surface area (Å²) in [7, 11) is 0. The van der Waals surface area contributed by atoms with E-state index in [-0.39, 0.29) is 5.82 Å². The smallest absolute Gasteiger partial charge is 0.209 e. The first-order chi connectivity index (χ1) is 12.2. The van der Waals surface area contributed by atoms with E-state index in [9.17, 15) is 4.39 Å². The van der Waals surface area contributed by atoms with Gasteiger partial charge in [0.15, 0.2) is 5.76 Å². The monoisotopic (exact) mass is 338 g/mol. The van der Waals surface area contributed by atoms with Gasteiger partial charge in [-0.1, -0.05) is 6.92 Å². The van der Waals surface area contributed by atoms with Crippen molar-refractivity contribution in [2.24, 2.45) is 0 Å². The van der Waals surface area contributed by atoms with Gasteiger partial charge in [-0.3, -0.25) is 4.90 Å². The standard InChI is InChI=1S/C19H19FN4O/c1-2-18-21-9-14-7-8-24(11-16(14)23-18)12-19-22-10-17(25-19)13-3-5-15(20)6-4-13/h3-6,9-10H,2,7-8,11-12H2,1H3. The Kier molecular flexibility index (Phi) is 4.28. The maximum atomic E-state index is 13.0. The molecule has 1 aliphatic heterocycles. The summed E-state index contributed by atoms with van der Waals surface area (Å²) >= 11 is 0. The molecule has 0 amide bonds. The molecule has 0 N–H and O–H groups in total. The molecule has 0 fully saturated rings. The second-order valence-corrected chi connectivity index (χ2v) is 6.20. The van der Waals surface area contributed by atoms with Crippen LogP contribution >= 0.6 is 0 Å². The fraction of sp³-hybridized carbons (Fsp3) is 0.316. The van der Waals surface area contributed by atoms with E-state index < -0.39 is 0 Å². The first kappa shape index (κ1) is 15.9. The van der Waals surface area contributed by atoms with Crippen LogP contribution in [0.1, 0.15) is 29.9 Å². The lowest BCUT2D eigenvalue weighted by molar-refractivity contribution is 0.218. The normalized spacial score (nSPS) is 14.5. The van der Waals surface area contributed by atoms with E-state index in [0.29, 0.717) is 18.2 Å². The van der Waals surface area contributed by atoms with Crippen LogP contribution in [0.2, 0.25) is 0 Å². The summed E-state index contributed by atoms with van der Waals surface area (Å²) in [5, 5.41) is 0. The topological polar surface area (TPSA) is 55.1 Å². The summed E-state index contributed by atoms with van der Waals surface area (Å²) in [6.07, 6.45) is 5.42. The first-order valence-electron chi connectivity index (χ1n) is 8.48. The maximum absolute atomic E-state index is 13.0. The van der Waals surface area contributed by atoms with Crippen LogP contribution in [0.25, 0.3) is 11.3 Å². The maximum Gasteiger partial charge on any atom is 0.209 e. The highest BCUT2D eigenvalue weighted by molar-refractivity contribution is 5.55. The van der Waals surface area contributed by atoms with E-state index in [4.69, 9.17) is 4.42 Å². The molecule has 6 heteroatoms. The molecule has 0 aliphatic carbocycles. The molecule has 3 aromatic rings. The van der Waals surface area contributed by atoms with Gasteiger partial charge in [0.2, 0.25) is 5.89 Å². The van der Waals surface area contributed by atoms with Crippen molar-refractivity contribution in [2.75, 3.05) is 6.54 Å². The molecular formula is C19H19FN4O. The molecule has 0 atom stereocenters. The molecule has 2 aromatic heterocycles. The Bertz CT molecular complexity index is 875. The molecule has 3 heterocycles. The number of fused-ring (bicyclic) bond motifs is 1. The second kappa shape index (κ2) is 6.72. The Balaban J connectivity index is 1.47. The Labute approximate surface area is 145 Å². The minimum Gasteiger partial charge on any atom is -0.439 e. The van der Waals surface area contributed by atoms with E-state index in [0.717, 1.165) is 43.0 Å². The molecule has 0 spiro atoms. The van der Waals surface area contributed by atoms with Gasteiger partial charge >= 0.3 is 0 Å². The Morgan fingerprint density at radius 2 is 2.00 bits per heavy atom. The minimum atomic E-state index is -0.260. The third kappa shape index (κ3) is 3.44. The van der Waals surface area contributed by atoms with Gasteiger partial charge in [0, 0.05) is 31.3 Å². The summed E-state index contributed by atoms with van der Waals surface area (Å²) in [6.45, 7) is 4.40. The molecule has 1 aliphatic rings. The van der Waals surface area contributed by atoms with E-state index in [1.54, 1.807) is 18.3 Å². The zero-order valence-corrected chi connectivity index (χ0v) is 14.1. The molecule has 0 saturated carbocycles. The van der Waals surface area contributed by atoms with Crippen LogP contribution < -0.4 is 0 Å². The number of nitrogens with zero attached hydrogens (tertiary/aromatic N) is 4. The molecule has 4 rings (SSSR count). The van der Waals surface area contributed by atoms with Crippen LogP contribution in [-0.4, -0.2) is 26.4 Å². The third-order valence-electron chi connectivity index (χ3n) is 4.43. The zero-order chi connectivity index (χ0) is 17.2. The molecule has 5 nitrogen and oxygen atoms in total. The number of halogens is 1. The molecule has 0 radical (unpaired) electrons. The van der Waals surface area contributed by atoms with Crippen molar-refractivity contribution < 1.29 is 8.81 Å². The lowest BCUT2D eigenvalue weighted by Gasteiger charge is -2.26. The molecular weight excluding hydrogens is 319 g/mol. The number of rotatable bonds is 4. The summed E-state index contributed by atoms with van der Waals surface area (Å²) < 4.78 is 18.9. The van der Waals surface area contributed by atoms with Crippen molar-refractivity contribution in [3.63, 3.8) is 0 Å². The lowest BCUT2D eigenvalue weighted by atomic mass is 10.1. The van der Waals surface area contributed by atoms with E-state index in [1.165, 1.54) is 17.7 Å². The number of oxazole rings is 1. The van der Waals surface area contributed by atoms with Crippen molar-refractivity contribution in [1.29, 1.82) is 0 Å². The number of aryl methyl sites for hydroxylation is 1. The predicted molar refractivity (Wildman–Crippen MR) is 91.1 cm³/mol. The average molecular weight is 338 g/mol. The van der Waals surface area contributed by atoms with Gasteiger partial charge in [0.05, 0.1) is 18.4 Å². The van der Waals surface area contributed by atoms with Crippen molar-refractivity contribution in [3.05, 3.63) is 65.4 Å². The molecule has 0 bridgehead atoms. The Hall–Kier alpha value is -2.60. The van der Waals surface area contributed by atoms with Crippen molar-refractivity contribution in [1.82, 2.24) is 19.9 Å². The molecule has 0 saturated heterocycles. The van der Waals surface area contributed by atoms with Gasteiger partial charge in [-0.15, -0.1) is 0 Å². The summed E-state index contributed by atoms with van der Waals surface area (Å²) in [5.41, 5.74) is 3.15. The van der Waals surface area contributed by atoms with Crippen LogP contribution in [0.15, 0.2) is 41.1 Å². The molecule has 128 valence electrons. The summed E-state index contributed by atoms with van der Waals surface area (Å²) in [4.78, 5) is 15.7. The number of benzene rings is 1. The number of hydrogen-bond donors (Lipinski definition) is 0. The lowest BCUT2D eigenvalue weighted by Crippen LogP contribution is -2.31. The number of aromatic nitrogens is 3. The Morgan fingerprint density at radius 1 is 1.16 bits per heavy atom. The highest BCUT2D eigenvalue weighted by atomic mass is 19.1. The molecule has 25 heavy (non-hydrogen) atoms. The van der Waals surface area contributed by atoms with Crippen molar-refractivity contribution in [3.8, 4) is 11.3 Å². The van der Waals surface area contributed by atoms with E-state index in [1.807, 2.05) is 6.20 Å². The minimum absolute atomic E-state index is 0.260. The van der Waals surface area contributed by atoms with E-state index in [2.05, 4.69) is 26.8 Å². The highest BCUT2D eigenvalue weighted by Gasteiger charge is 2.20. The zero-order valence-electron chi connectivity index (χ0n) is 14.1. The summed E-state index contributed by atoms with van der Waals surface area (Å²) in [6, 6.07) is 6.23. The van der Waals surface area contributed by atoms with Crippen LogP contribution in [0.5, 0.6) is 0 Å². The van der Waals surface area contributed by atoms with Crippen molar-refractivity contribution >= 4 is 0 Å². The van der Waals surface area contributed by atoms with Gasteiger partial charge < -0.3 is 4.42 Å². The fourth-order valence-electron chi connectivity index (χ4n) is 3.03. The van der Waals surface area contributed by atoms with Gasteiger partial charge in [0.1, 0.15) is 11.6 Å².